The molecule has 0 aliphatic carbocycles. The number of nitrogens with one attached hydrogen (secondary N) is 2. The van der Waals surface area contributed by atoms with Crippen molar-refractivity contribution < 1.29 is 14.7 Å². The van der Waals surface area contributed by atoms with Gasteiger partial charge in [-0.05, 0) is 55.8 Å². The van der Waals surface area contributed by atoms with E-state index in [2.05, 4.69) is 25.3 Å². The Bertz CT molecular complexity index is 1520. The highest BCUT2D eigenvalue weighted by molar-refractivity contribution is 6.40. The molecule has 0 aliphatic rings. The molecule has 12 heteroatoms. The molecule has 5 N–H and O–H groups in total. The Morgan fingerprint density at radius 2 is 1.77 bits per heavy atom. The molecule has 4 aromatic rings. The molecule has 0 bridgehead atoms. The average Bonchev–Trinajstić information content (AvgIpc) is 3.27. The van der Waals surface area contributed by atoms with Crippen LogP contribution < -0.4 is 11.1 Å². The number of carboxylic acid groups (broad SMARTS) is 1. The van der Waals surface area contributed by atoms with Gasteiger partial charge in [-0.3, -0.25) is 4.79 Å². The van der Waals surface area contributed by atoms with Gasteiger partial charge in [0.25, 0.3) is 5.91 Å². The van der Waals surface area contributed by atoms with E-state index >= 15 is 0 Å². The lowest BCUT2D eigenvalue weighted by molar-refractivity contribution is 0.0696. The van der Waals surface area contributed by atoms with Crippen LogP contribution in [0, 0.1) is 6.92 Å². The highest BCUT2D eigenvalue weighted by Crippen LogP contribution is 2.30. The number of aliphatic imine (C=N–C) groups is 2. The van der Waals surface area contributed by atoms with Gasteiger partial charge in [0.05, 0.1) is 43.7 Å². The summed E-state index contributed by atoms with van der Waals surface area (Å²) < 4.78 is 0. The van der Waals surface area contributed by atoms with Gasteiger partial charge in [-0.25, -0.2) is 19.8 Å². The van der Waals surface area contributed by atoms with Crippen LogP contribution in [0.3, 0.4) is 0 Å². The van der Waals surface area contributed by atoms with Crippen LogP contribution in [0.15, 0.2) is 64.6 Å². The maximum atomic E-state index is 12.6. The van der Waals surface area contributed by atoms with Crippen molar-refractivity contribution in [3.05, 3.63) is 92.2 Å². The van der Waals surface area contributed by atoms with Gasteiger partial charge in [0.15, 0.2) is 0 Å². The number of carbonyl (C=O) groups is 2. The van der Waals surface area contributed by atoms with E-state index in [0.717, 1.165) is 22.4 Å². The number of imidazole rings is 1. The number of benzene rings is 3. The van der Waals surface area contributed by atoms with Gasteiger partial charge in [-0.1, -0.05) is 53.0 Å². The monoisotopic (exact) mass is 586 g/mol. The van der Waals surface area contributed by atoms with Crippen molar-refractivity contribution in [2.45, 2.75) is 20.3 Å². The number of fused-ring (bicyclic) bond motifs is 1. The number of aromatic amines is 1. The van der Waals surface area contributed by atoms with Crippen molar-refractivity contribution in [1.82, 2.24) is 15.3 Å². The van der Waals surface area contributed by atoms with Crippen molar-refractivity contribution in [2.24, 2.45) is 15.7 Å². The number of aromatic carboxylic acids is 1. The number of amidine groups is 1. The largest absolute Gasteiger partial charge is 0.478 e. The van der Waals surface area contributed by atoms with Crippen molar-refractivity contribution in [1.29, 1.82) is 0 Å². The molecule has 1 amide bonds. The molecule has 4 rings (SSSR count). The number of amides is 1. The number of carbonyl (C=O) groups excluding carboxylic acids is 1. The zero-order chi connectivity index (χ0) is 28.5. The van der Waals surface area contributed by atoms with E-state index in [1.807, 2.05) is 19.1 Å². The highest BCUT2D eigenvalue weighted by atomic mass is 35.5. The summed E-state index contributed by atoms with van der Waals surface area (Å²) in [7, 11) is 0. The Balaban J connectivity index is 0.000000395. The van der Waals surface area contributed by atoms with Crippen molar-refractivity contribution >= 4 is 75.6 Å². The Labute approximate surface area is 239 Å². The number of nitrogens with zero attached hydrogens (tertiary/aromatic N) is 3. The summed E-state index contributed by atoms with van der Waals surface area (Å²) in [5.41, 5.74) is 9.12. The van der Waals surface area contributed by atoms with E-state index in [4.69, 9.17) is 45.6 Å². The summed E-state index contributed by atoms with van der Waals surface area (Å²) in [5, 5.41) is 12.2. The maximum absolute atomic E-state index is 12.6. The van der Waals surface area contributed by atoms with Crippen LogP contribution in [0.4, 0.5) is 5.69 Å². The third-order valence-electron chi connectivity index (χ3n) is 5.18. The average molecular weight is 588 g/mol. The lowest BCUT2D eigenvalue weighted by Gasteiger charge is -2.09. The quantitative estimate of drug-likeness (QED) is 0.150. The number of hydrogen-bond acceptors (Lipinski definition) is 4. The topological polar surface area (TPSA) is 146 Å². The summed E-state index contributed by atoms with van der Waals surface area (Å²) in [6, 6.07) is 15.0. The van der Waals surface area contributed by atoms with E-state index in [1.165, 1.54) is 18.5 Å². The first-order valence-corrected chi connectivity index (χ1v) is 12.7. The molecule has 0 radical (unpaired) electrons. The Morgan fingerprint density at radius 1 is 1.10 bits per heavy atom. The minimum Gasteiger partial charge on any atom is -0.478 e. The number of carboxylic acids is 1. The molecule has 1 heterocycles. The van der Waals surface area contributed by atoms with Gasteiger partial charge < -0.3 is 21.1 Å². The molecule has 3 aromatic carbocycles. The van der Waals surface area contributed by atoms with Crippen LogP contribution >= 0.6 is 34.8 Å². The number of nitrogens with two attached hydrogens (primary N) is 1. The molecule has 0 unspecified atom stereocenters. The highest BCUT2D eigenvalue weighted by Gasteiger charge is 2.16. The van der Waals surface area contributed by atoms with Crippen LogP contribution in [0.2, 0.25) is 15.1 Å². The lowest BCUT2D eigenvalue weighted by Crippen LogP contribution is -2.26. The van der Waals surface area contributed by atoms with Gasteiger partial charge in [-0.15, -0.1) is 0 Å². The normalized spacial score (nSPS) is 11.4. The zero-order valence-corrected chi connectivity index (χ0v) is 23.3. The Morgan fingerprint density at radius 3 is 2.36 bits per heavy atom. The predicted octanol–water partition coefficient (Wildman–Crippen LogP) is 6.23. The molecule has 9 nitrogen and oxygen atoms in total. The number of hydrogen-bond donors (Lipinski definition) is 4. The van der Waals surface area contributed by atoms with Gasteiger partial charge in [0.1, 0.15) is 12.2 Å². The van der Waals surface area contributed by atoms with Crippen LogP contribution in [-0.2, 0) is 6.42 Å². The lowest BCUT2D eigenvalue weighted by atomic mass is 10.2. The van der Waals surface area contributed by atoms with Crippen LogP contribution in [-0.4, -0.2) is 45.7 Å². The summed E-state index contributed by atoms with van der Waals surface area (Å²) in [6.07, 6.45) is 1.80. The van der Waals surface area contributed by atoms with Crippen molar-refractivity contribution in [3.63, 3.8) is 0 Å². The SMILES string of the molecule is CC(N)=NC=Nc1cc(Cl)c(C(=O)NCCc2nc3c(C)cc(Cl)cc3[nH]2)c(Cl)c1.O=C(O)c1ccccc1. The molecule has 0 saturated carbocycles. The number of aromatic nitrogens is 2. The molecule has 0 atom stereocenters. The molecule has 1 aromatic heterocycles. The molecule has 0 aliphatic heterocycles. The standard InChI is InChI=1S/C20H19Cl3N6O.C7H6O2/c1-10-5-12(21)6-16-19(10)29-17(28-16)3-4-25-20(30)18-14(22)7-13(8-15(18)23)27-9-26-11(2)24;8-7(9)6-4-2-1-3-5-6/h5-9H,3-4H2,1-2H3,(H,25,30)(H,28,29)(H2,24,26,27);1-5H,(H,8,9). The fourth-order valence-electron chi connectivity index (χ4n) is 3.42. The van der Waals surface area contributed by atoms with Crippen LogP contribution in [0.1, 0.15) is 39.0 Å². The molecule has 39 heavy (non-hydrogen) atoms. The van der Waals surface area contributed by atoms with Crippen LogP contribution in [0.25, 0.3) is 11.0 Å². The van der Waals surface area contributed by atoms with Crippen molar-refractivity contribution in [2.75, 3.05) is 6.54 Å². The molecule has 0 fully saturated rings. The van der Waals surface area contributed by atoms with Gasteiger partial charge in [0, 0.05) is 18.0 Å². The second-order valence-corrected chi connectivity index (χ2v) is 9.53. The number of H-pyrrole nitrogens is 1. The Kier molecular flexibility index (Phi) is 10.4. The minimum absolute atomic E-state index is 0.183. The van der Waals surface area contributed by atoms with E-state index in [0.29, 0.717) is 35.1 Å². The van der Waals surface area contributed by atoms with Gasteiger partial charge >= 0.3 is 5.97 Å². The van der Waals surface area contributed by atoms with Gasteiger partial charge in [-0.2, -0.15) is 0 Å². The fourth-order valence-corrected chi connectivity index (χ4v) is 4.34. The summed E-state index contributed by atoms with van der Waals surface area (Å²) in [5.74, 6) is -0.148. The third-order valence-corrected chi connectivity index (χ3v) is 6.00. The predicted molar refractivity (Wildman–Crippen MR) is 157 cm³/mol. The summed E-state index contributed by atoms with van der Waals surface area (Å²) in [6.45, 7) is 3.94. The van der Waals surface area contributed by atoms with E-state index < -0.39 is 5.97 Å². The molecular formula is C27H25Cl3N6O3. The fraction of sp³-hybridized carbons (Fsp3) is 0.148. The smallest absolute Gasteiger partial charge is 0.335 e. The molecule has 0 spiro atoms. The van der Waals surface area contributed by atoms with E-state index in [1.54, 1.807) is 37.3 Å². The maximum Gasteiger partial charge on any atom is 0.335 e. The number of aryl methyl sites for hydroxylation is 1. The molecule has 0 saturated heterocycles. The number of rotatable bonds is 7. The zero-order valence-electron chi connectivity index (χ0n) is 21.0. The molecular weight excluding hydrogens is 563 g/mol. The summed E-state index contributed by atoms with van der Waals surface area (Å²) >= 11 is 18.6. The second kappa shape index (κ2) is 13.7. The first-order valence-electron chi connectivity index (χ1n) is 11.6. The second-order valence-electron chi connectivity index (χ2n) is 8.28. The first kappa shape index (κ1) is 29.6. The van der Waals surface area contributed by atoms with Gasteiger partial charge in [0.2, 0.25) is 0 Å². The Hall–Kier alpha value is -3.92. The van der Waals surface area contributed by atoms with E-state index in [-0.39, 0.29) is 21.5 Å². The molecule has 202 valence electrons. The first-order chi connectivity index (χ1) is 18.5. The van der Waals surface area contributed by atoms with Crippen molar-refractivity contribution in [3.8, 4) is 0 Å². The van der Waals surface area contributed by atoms with E-state index in [9.17, 15) is 9.59 Å². The van der Waals surface area contributed by atoms with Crippen LogP contribution in [0.5, 0.6) is 0 Å². The third kappa shape index (κ3) is 8.54. The minimum atomic E-state index is -0.879. The number of halogens is 3. The summed E-state index contributed by atoms with van der Waals surface area (Å²) in [4.78, 5) is 38.5.